The van der Waals surface area contributed by atoms with Crippen molar-refractivity contribution in [2.24, 2.45) is 0 Å². The number of fused-ring (bicyclic) bond motifs is 1. The summed E-state index contributed by atoms with van der Waals surface area (Å²) in [6, 6.07) is 16.1. The lowest BCUT2D eigenvalue weighted by atomic mass is 10.1. The van der Waals surface area contributed by atoms with Gasteiger partial charge in [-0.1, -0.05) is 53.5 Å². The van der Waals surface area contributed by atoms with Crippen molar-refractivity contribution in [2.45, 2.75) is 13.0 Å². The number of hydrogen-bond acceptors (Lipinski definition) is 4. The van der Waals surface area contributed by atoms with Gasteiger partial charge in [0.1, 0.15) is 0 Å². The molecule has 29 heavy (non-hydrogen) atoms. The average molecular weight is 429 g/mol. The van der Waals surface area contributed by atoms with Gasteiger partial charge in [-0.15, -0.1) is 0 Å². The van der Waals surface area contributed by atoms with E-state index < -0.39 is 18.5 Å². The van der Waals surface area contributed by atoms with Crippen molar-refractivity contribution in [3.8, 4) is 0 Å². The monoisotopic (exact) mass is 428 g/mol. The van der Waals surface area contributed by atoms with Crippen molar-refractivity contribution in [2.75, 3.05) is 6.61 Å². The first-order valence-corrected chi connectivity index (χ1v) is 9.63. The number of rotatable bonds is 6. The lowest BCUT2D eigenvalue weighted by Crippen LogP contribution is -2.31. The van der Waals surface area contributed by atoms with E-state index in [1.54, 1.807) is 37.3 Å². The first-order valence-electron chi connectivity index (χ1n) is 8.87. The summed E-state index contributed by atoms with van der Waals surface area (Å²) in [5.74, 6) is -1.07. The van der Waals surface area contributed by atoms with Gasteiger partial charge in [-0.3, -0.25) is 4.79 Å². The van der Waals surface area contributed by atoms with Crippen LogP contribution in [-0.4, -0.2) is 23.5 Å². The number of esters is 1. The van der Waals surface area contributed by atoms with E-state index in [2.05, 4.69) is 10.3 Å². The first-order chi connectivity index (χ1) is 13.9. The molecule has 0 saturated heterocycles. The number of nitrogens with one attached hydrogen (secondary N) is 1. The molecule has 1 atom stereocenters. The van der Waals surface area contributed by atoms with Crippen LogP contribution >= 0.6 is 23.2 Å². The van der Waals surface area contributed by atoms with Crippen LogP contribution in [0.1, 0.15) is 24.2 Å². The van der Waals surface area contributed by atoms with Crippen LogP contribution in [0.15, 0.2) is 60.7 Å². The molecule has 0 bridgehead atoms. The van der Waals surface area contributed by atoms with Crippen molar-refractivity contribution in [1.82, 2.24) is 10.3 Å². The summed E-state index contributed by atoms with van der Waals surface area (Å²) in [5.41, 5.74) is 2.17. The molecule has 3 rings (SSSR count). The predicted molar refractivity (Wildman–Crippen MR) is 115 cm³/mol. The van der Waals surface area contributed by atoms with Crippen LogP contribution in [0.4, 0.5) is 0 Å². The molecule has 1 aromatic heterocycles. The number of carbonyl (C=O) groups is 2. The molecule has 0 aliphatic carbocycles. The molecule has 1 unspecified atom stereocenters. The number of carbonyl (C=O) groups excluding carboxylic acids is 2. The van der Waals surface area contributed by atoms with E-state index in [-0.39, 0.29) is 6.04 Å². The summed E-state index contributed by atoms with van der Waals surface area (Å²) in [6.45, 7) is 1.38. The summed E-state index contributed by atoms with van der Waals surface area (Å²) in [5, 5.41) is 4.70. The number of nitrogens with zero attached hydrogens (tertiary/aromatic N) is 1. The second kappa shape index (κ2) is 9.54. The normalized spacial score (nSPS) is 12.1. The molecule has 1 heterocycles. The zero-order chi connectivity index (χ0) is 20.8. The summed E-state index contributed by atoms with van der Waals surface area (Å²) < 4.78 is 4.98. The number of halogens is 2. The highest BCUT2D eigenvalue weighted by atomic mass is 35.5. The van der Waals surface area contributed by atoms with Gasteiger partial charge in [-0.05, 0) is 42.8 Å². The van der Waals surface area contributed by atoms with Crippen LogP contribution in [0, 0.1) is 0 Å². The van der Waals surface area contributed by atoms with Gasteiger partial charge in [0, 0.05) is 21.5 Å². The quantitative estimate of drug-likeness (QED) is 0.444. The third kappa shape index (κ3) is 5.79. The minimum absolute atomic E-state index is 0.358. The molecule has 1 N–H and O–H groups in total. The van der Waals surface area contributed by atoms with Gasteiger partial charge in [0.25, 0.3) is 5.91 Å². The van der Waals surface area contributed by atoms with E-state index in [4.69, 9.17) is 27.9 Å². The molecule has 0 radical (unpaired) electrons. The molecule has 0 aliphatic heterocycles. The van der Waals surface area contributed by atoms with E-state index in [0.717, 1.165) is 16.5 Å². The molecule has 148 valence electrons. The maximum absolute atomic E-state index is 12.0. The Labute approximate surface area is 178 Å². The maximum atomic E-state index is 12.0. The molecular formula is C22H18Cl2N2O3. The van der Waals surface area contributed by atoms with Crippen molar-refractivity contribution in [3.63, 3.8) is 0 Å². The number of benzene rings is 2. The predicted octanol–water partition coefficient (Wildman–Crippen LogP) is 4.98. The number of aromatic nitrogens is 1. The Hall–Kier alpha value is -2.89. The molecule has 0 saturated carbocycles. The zero-order valence-corrected chi connectivity index (χ0v) is 17.1. The number of pyridine rings is 1. The third-order valence-electron chi connectivity index (χ3n) is 4.16. The standard InChI is InChI=1S/C22H18Cl2N2O3/c1-14(18-10-7-16(23)12-19(18)24)25-21(27)13-29-22(28)11-9-17-8-6-15-4-2-3-5-20(15)26-17/h2-12,14H,13H2,1H3,(H,25,27)/b11-9+. The van der Waals surface area contributed by atoms with Crippen LogP contribution in [0.3, 0.4) is 0 Å². The Morgan fingerprint density at radius 2 is 1.93 bits per heavy atom. The molecule has 0 fully saturated rings. The second-order valence-corrected chi connectivity index (χ2v) is 7.17. The number of para-hydroxylation sites is 1. The molecule has 5 nitrogen and oxygen atoms in total. The van der Waals surface area contributed by atoms with E-state index in [9.17, 15) is 9.59 Å². The van der Waals surface area contributed by atoms with Gasteiger partial charge in [-0.2, -0.15) is 0 Å². The molecule has 1 amide bonds. The molecular weight excluding hydrogens is 411 g/mol. The van der Waals surface area contributed by atoms with E-state index in [0.29, 0.717) is 15.7 Å². The van der Waals surface area contributed by atoms with Gasteiger partial charge < -0.3 is 10.1 Å². The largest absolute Gasteiger partial charge is 0.452 e. The third-order valence-corrected chi connectivity index (χ3v) is 4.72. The van der Waals surface area contributed by atoms with Gasteiger partial charge in [-0.25, -0.2) is 9.78 Å². The fourth-order valence-corrected chi connectivity index (χ4v) is 3.30. The summed E-state index contributed by atoms with van der Waals surface area (Å²) in [4.78, 5) is 28.3. The molecule has 0 spiro atoms. The van der Waals surface area contributed by atoms with Crippen LogP contribution in [-0.2, 0) is 14.3 Å². The smallest absolute Gasteiger partial charge is 0.331 e. The average Bonchev–Trinajstić information content (AvgIpc) is 2.70. The van der Waals surface area contributed by atoms with Gasteiger partial charge in [0.15, 0.2) is 6.61 Å². The maximum Gasteiger partial charge on any atom is 0.331 e. The first kappa shape index (κ1) is 20.8. The minimum Gasteiger partial charge on any atom is -0.452 e. The summed E-state index contributed by atoms with van der Waals surface area (Å²) in [7, 11) is 0. The van der Waals surface area contributed by atoms with Crippen molar-refractivity contribution in [3.05, 3.63) is 82.0 Å². The van der Waals surface area contributed by atoms with Crippen molar-refractivity contribution in [1.29, 1.82) is 0 Å². The Bertz CT molecular complexity index is 1080. The van der Waals surface area contributed by atoms with Crippen LogP contribution in [0.25, 0.3) is 17.0 Å². The Balaban J connectivity index is 1.51. The van der Waals surface area contributed by atoms with Crippen molar-refractivity contribution >= 4 is 52.1 Å². The SMILES string of the molecule is CC(NC(=O)COC(=O)/C=C/c1ccc2ccccc2n1)c1ccc(Cl)cc1Cl. The highest BCUT2D eigenvalue weighted by Crippen LogP contribution is 2.26. The topological polar surface area (TPSA) is 68.3 Å². The van der Waals surface area contributed by atoms with Crippen molar-refractivity contribution < 1.29 is 14.3 Å². The molecule has 2 aromatic carbocycles. The summed E-state index contributed by atoms with van der Waals surface area (Å²) >= 11 is 12.0. The minimum atomic E-state index is -0.632. The lowest BCUT2D eigenvalue weighted by molar-refractivity contribution is -0.144. The van der Waals surface area contributed by atoms with Crippen LogP contribution in [0.5, 0.6) is 0 Å². The van der Waals surface area contributed by atoms with E-state index in [1.165, 1.54) is 6.08 Å². The fraction of sp³-hybridized carbons (Fsp3) is 0.136. The highest BCUT2D eigenvalue weighted by Gasteiger charge is 2.14. The molecule has 3 aromatic rings. The lowest BCUT2D eigenvalue weighted by Gasteiger charge is -2.15. The number of amides is 1. The van der Waals surface area contributed by atoms with Crippen LogP contribution < -0.4 is 5.32 Å². The summed E-state index contributed by atoms with van der Waals surface area (Å²) in [6.07, 6.45) is 2.78. The van der Waals surface area contributed by atoms with Gasteiger partial charge >= 0.3 is 5.97 Å². The zero-order valence-electron chi connectivity index (χ0n) is 15.6. The van der Waals surface area contributed by atoms with Gasteiger partial charge in [0.2, 0.25) is 0 Å². The van der Waals surface area contributed by atoms with Crippen LogP contribution in [0.2, 0.25) is 10.0 Å². The highest BCUT2D eigenvalue weighted by molar-refractivity contribution is 6.35. The Kier molecular flexibility index (Phi) is 6.86. The Morgan fingerprint density at radius 1 is 1.14 bits per heavy atom. The number of hydrogen-bond donors (Lipinski definition) is 1. The van der Waals surface area contributed by atoms with Gasteiger partial charge in [0.05, 0.1) is 17.3 Å². The number of ether oxygens (including phenoxy) is 1. The molecule has 0 aliphatic rings. The Morgan fingerprint density at radius 3 is 2.72 bits per heavy atom. The second-order valence-electron chi connectivity index (χ2n) is 6.32. The van der Waals surface area contributed by atoms with E-state index in [1.807, 2.05) is 30.3 Å². The van der Waals surface area contributed by atoms with E-state index >= 15 is 0 Å². The fourth-order valence-electron chi connectivity index (χ4n) is 2.73. The molecule has 7 heteroatoms.